The summed E-state index contributed by atoms with van der Waals surface area (Å²) in [5.41, 5.74) is 0. The first-order valence-electron chi connectivity index (χ1n) is 7.43. The van der Waals surface area contributed by atoms with Gasteiger partial charge in [-0.05, 0) is 25.9 Å². The van der Waals surface area contributed by atoms with Crippen molar-refractivity contribution in [2.45, 2.75) is 46.1 Å². The van der Waals surface area contributed by atoms with Crippen LogP contribution in [0.3, 0.4) is 0 Å². The lowest BCUT2D eigenvalue weighted by molar-refractivity contribution is 0.0357. The lowest BCUT2D eigenvalue weighted by Gasteiger charge is -2.20. The minimum Gasteiger partial charge on any atom is -0.389 e. The maximum atomic E-state index is 9.67. The van der Waals surface area contributed by atoms with Gasteiger partial charge in [-0.25, -0.2) is 0 Å². The van der Waals surface area contributed by atoms with Crippen molar-refractivity contribution in [3.63, 3.8) is 0 Å². The lowest BCUT2D eigenvalue weighted by Crippen LogP contribution is -2.37. The van der Waals surface area contributed by atoms with E-state index in [1.54, 1.807) is 0 Å². The summed E-state index contributed by atoms with van der Waals surface area (Å²) in [6, 6.07) is 0. The monoisotopic (exact) mass is 260 g/mol. The zero-order valence-electron chi connectivity index (χ0n) is 12.5. The maximum Gasteiger partial charge on any atom is 0.0897 e. The van der Waals surface area contributed by atoms with Crippen molar-refractivity contribution in [2.24, 2.45) is 0 Å². The molecule has 0 rings (SSSR count). The van der Waals surface area contributed by atoms with Gasteiger partial charge in [-0.2, -0.15) is 0 Å². The Kier molecular flexibility index (Phi) is 13.2. The van der Waals surface area contributed by atoms with E-state index in [0.29, 0.717) is 13.2 Å². The molecule has 0 aliphatic rings. The molecule has 18 heavy (non-hydrogen) atoms. The summed E-state index contributed by atoms with van der Waals surface area (Å²) in [6.45, 7) is 12.6. The van der Waals surface area contributed by atoms with E-state index in [9.17, 15) is 5.11 Å². The van der Waals surface area contributed by atoms with Crippen LogP contribution in [-0.4, -0.2) is 62.0 Å². The fourth-order valence-corrected chi connectivity index (χ4v) is 1.77. The lowest BCUT2D eigenvalue weighted by atomic mass is 10.3. The Bertz CT molecular complexity index is 168. The maximum absolute atomic E-state index is 9.67. The van der Waals surface area contributed by atoms with Gasteiger partial charge in [-0.1, -0.05) is 27.2 Å². The summed E-state index contributed by atoms with van der Waals surface area (Å²) in [6.07, 6.45) is 3.02. The summed E-state index contributed by atoms with van der Waals surface area (Å²) in [4.78, 5) is 2.41. The molecule has 0 aliphatic carbocycles. The fraction of sp³-hybridized carbons (Fsp3) is 1.00. The Balaban J connectivity index is 3.35. The van der Waals surface area contributed by atoms with Crippen LogP contribution in [-0.2, 0) is 4.74 Å². The second kappa shape index (κ2) is 13.3. The highest BCUT2D eigenvalue weighted by Crippen LogP contribution is 1.91. The average molecular weight is 260 g/mol. The predicted molar refractivity (Wildman–Crippen MR) is 77.0 cm³/mol. The molecule has 0 aromatic rings. The largest absolute Gasteiger partial charge is 0.389 e. The third-order valence-electron chi connectivity index (χ3n) is 2.92. The van der Waals surface area contributed by atoms with E-state index in [-0.39, 0.29) is 6.10 Å². The smallest absolute Gasteiger partial charge is 0.0897 e. The fourth-order valence-electron chi connectivity index (χ4n) is 1.77. The average Bonchev–Trinajstić information content (AvgIpc) is 2.38. The topological polar surface area (TPSA) is 44.7 Å². The van der Waals surface area contributed by atoms with Crippen molar-refractivity contribution in [3.8, 4) is 0 Å². The van der Waals surface area contributed by atoms with Gasteiger partial charge >= 0.3 is 0 Å². The molecule has 1 unspecified atom stereocenters. The van der Waals surface area contributed by atoms with Gasteiger partial charge < -0.3 is 20.1 Å². The minimum atomic E-state index is -0.386. The van der Waals surface area contributed by atoms with Crippen molar-refractivity contribution in [2.75, 3.05) is 45.9 Å². The Morgan fingerprint density at radius 2 is 1.94 bits per heavy atom. The summed E-state index contributed by atoms with van der Waals surface area (Å²) < 4.78 is 5.37. The van der Waals surface area contributed by atoms with E-state index in [1.165, 1.54) is 6.42 Å². The summed E-state index contributed by atoms with van der Waals surface area (Å²) in [7, 11) is 0. The zero-order chi connectivity index (χ0) is 13.6. The minimum absolute atomic E-state index is 0.386. The van der Waals surface area contributed by atoms with Gasteiger partial charge in [0.05, 0.1) is 12.7 Å². The second-order valence-electron chi connectivity index (χ2n) is 4.72. The van der Waals surface area contributed by atoms with Gasteiger partial charge in [0, 0.05) is 26.2 Å². The molecule has 0 heterocycles. The number of nitrogens with zero attached hydrogens (tertiary/aromatic N) is 1. The predicted octanol–water partition coefficient (Wildman–Crippen LogP) is 1.49. The Hall–Kier alpha value is -0.160. The van der Waals surface area contributed by atoms with Gasteiger partial charge in [0.15, 0.2) is 0 Å². The molecule has 0 amide bonds. The van der Waals surface area contributed by atoms with Gasteiger partial charge in [-0.15, -0.1) is 0 Å². The van der Waals surface area contributed by atoms with Gasteiger partial charge in [0.25, 0.3) is 0 Å². The van der Waals surface area contributed by atoms with E-state index in [4.69, 9.17) is 4.74 Å². The third kappa shape index (κ3) is 11.0. The number of ether oxygens (including phenoxy) is 1. The summed E-state index contributed by atoms with van der Waals surface area (Å²) >= 11 is 0. The molecule has 0 fully saturated rings. The van der Waals surface area contributed by atoms with Crippen LogP contribution >= 0.6 is 0 Å². The van der Waals surface area contributed by atoms with E-state index in [0.717, 1.165) is 45.6 Å². The van der Waals surface area contributed by atoms with E-state index >= 15 is 0 Å². The van der Waals surface area contributed by atoms with Crippen LogP contribution in [0, 0.1) is 0 Å². The van der Waals surface area contributed by atoms with Crippen LogP contribution in [0.1, 0.15) is 40.0 Å². The molecule has 0 spiro atoms. The van der Waals surface area contributed by atoms with Crippen molar-refractivity contribution >= 4 is 0 Å². The van der Waals surface area contributed by atoms with Crippen molar-refractivity contribution < 1.29 is 9.84 Å². The number of unbranched alkanes of at least 4 members (excludes halogenated alkanes) is 1. The third-order valence-corrected chi connectivity index (χ3v) is 2.92. The number of aliphatic hydroxyl groups is 1. The molecule has 4 heteroatoms. The van der Waals surface area contributed by atoms with Crippen LogP contribution in [0.15, 0.2) is 0 Å². The number of hydrogen-bond acceptors (Lipinski definition) is 4. The molecule has 0 bridgehead atoms. The standard InChI is InChI=1S/C14H32N2O2/c1-4-7-11-18-13-14(17)12-15-8-10-16(6-3)9-5-2/h14-15,17H,4-13H2,1-3H3. The molecular formula is C14H32N2O2. The van der Waals surface area contributed by atoms with Crippen LogP contribution in [0.2, 0.25) is 0 Å². The van der Waals surface area contributed by atoms with Crippen molar-refractivity contribution in [1.82, 2.24) is 10.2 Å². The molecular weight excluding hydrogens is 228 g/mol. The first-order valence-corrected chi connectivity index (χ1v) is 7.43. The van der Waals surface area contributed by atoms with Crippen LogP contribution in [0.5, 0.6) is 0 Å². The first-order chi connectivity index (χ1) is 8.74. The number of nitrogens with one attached hydrogen (secondary N) is 1. The number of likely N-dealkylation sites (N-methyl/N-ethyl adjacent to an activating group) is 1. The highest BCUT2D eigenvalue weighted by molar-refractivity contribution is 4.61. The number of aliphatic hydroxyl groups excluding tert-OH is 1. The van der Waals surface area contributed by atoms with Gasteiger partial charge in [0.2, 0.25) is 0 Å². The second-order valence-corrected chi connectivity index (χ2v) is 4.72. The van der Waals surface area contributed by atoms with Gasteiger partial charge in [-0.3, -0.25) is 0 Å². The normalized spacial score (nSPS) is 13.2. The Morgan fingerprint density at radius 1 is 1.17 bits per heavy atom. The van der Waals surface area contributed by atoms with Crippen LogP contribution in [0.25, 0.3) is 0 Å². The molecule has 110 valence electrons. The molecule has 0 saturated heterocycles. The highest BCUT2D eigenvalue weighted by atomic mass is 16.5. The highest BCUT2D eigenvalue weighted by Gasteiger charge is 2.04. The number of hydrogen-bond donors (Lipinski definition) is 2. The Morgan fingerprint density at radius 3 is 2.56 bits per heavy atom. The molecule has 2 N–H and O–H groups in total. The molecule has 0 aromatic heterocycles. The summed E-state index contributed by atoms with van der Waals surface area (Å²) in [5.74, 6) is 0. The first kappa shape index (κ1) is 17.8. The molecule has 0 aliphatic heterocycles. The zero-order valence-corrected chi connectivity index (χ0v) is 12.5. The van der Waals surface area contributed by atoms with Crippen LogP contribution in [0.4, 0.5) is 0 Å². The summed E-state index contributed by atoms with van der Waals surface area (Å²) in [5, 5.41) is 13.0. The quantitative estimate of drug-likeness (QED) is 0.492. The molecule has 4 nitrogen and oxygen atoms in total. The van der Waals surface area contributed by atoms with E-state index < -0.39 is 0 Å². The van der Waals surface area contributed by atoms with Crippen molar-refractivity contribution in [1.29, 1.82) is 0 Å². The van der Waals surface area contributed by atoms with E-state index in [1.807, 2.05) is 0 Å². The molecule has 1 atom stereocenters. The molecule has 0 radical (unpaired) electrons. The number of rotatable bonds is 13. The van der Waals surface area contributed by atoms with Crippen LogP contribution < -0.4 is 5.32 Å². The Labute approximate surface area is 113 Å². The van der Waals surface area contributed by atoms with Crippen molar-refractivity contribution in [3.05, 3.63) is 0 Å². The van der Waals surface area contributed by atoms with E-state index in [2.05, 4.69) is 31.0 Å². The van der Waals surface area contributed by atoms with Gasteiger partial charge in [0.1, 0.15) is 0 Å². The molecule has 0 aromatic carbocycles. The molecule has 0 saturated carbocycles. The SMILES string of the molecule is CCCCOCC(O)CNCCN(CC)CCC.